The molecule has 2 nitrogen and oxygen atoms in total. The van der Waals surface area contributed by atoms with E-state index < -0.39 is 0 Å². The Morgan fingerprint density at radius 3 is 2.50 bits per heavy atom. The minimum absolute atomic E-state index is 0.623. The topological polar surface area (TPSA) is 15.3 Å². The van der Waals surface area contributed by atoms with E-state index in [2.05, 4.69) is 55.3 Å². The molecule has 1 aromatic carbocycles. The van der Waals surface area contributed by atoms with Crippen LogP contribution >= 0.6 is 0 Å². The van der Waals surface area contributed by atoms with Crippen LogP contribution in [-0.2, 0) is 6.54 Å². The highest BCUT2D eigenvalue weighted by Crippen LogP contribution is 2.16. The predicted octanol–water partition coefficient (Wildman–Crippen LogP) is 3.77. The maximum absolute atomic E-state index is 3.65. The summed E-state index contributed by atoms with van der Waals surface area (Å²) in [5.74, 6) is 0.623. The molecule has 1 heterocycles. The number of nitrogens with one attached hydrogen (secondary N) is 1. The maximum Gasteiger partial charge on any atom is 0.0234 e. The van der Waals surface area contributed by atoms with E-state index in [1.54, 1.807) is 0 Å². The third-order valence-corrected chi connectivity index (χ3v) is 4.39. The van der Waals surface area contributed by atoms with Crippen molar-refractivity contribution in [3.63, 3.8) is 0 Å². The Balaban J connectivity index is 1.88. The summed E-state index contributed by atoms with van der Waals surface area (Å²) in [6.45, 7) is 11.4. The Kier molecular flexibility index (Phi) is 6.06. The summed E-state index contributed by atoms with van der Waals surface area (Å²) in [5, 5.41) is 3.65. The van der Waals surface area contributed by atoms with E-state index in [0.717, 1.165) is 13.1 Å². The van der Waals surface area contributed by atoms with Gasteiger partial charge in [-0.3, -0.25) is 4.90 Å². The van der Waals surface area contributed by atoms with E-state index in [1.807, 2.05) is 0 Å². The average Bonchev–Trinajstić information content (AvgIpc) is 2.48. The molecule has 0 saturated carbocycles. The zero-order chi connectivity index (χ0) is 14.4. The molecule has 0 aromatic heterocycles. The molecule has 20 heavy (non-hydrogen) atoms. The molecule has 1 unspecified atom stereocenters. The normalized spacial score (nSPS) is 19.8. The van der Waals surface area contributed by atoms with Gasteiger partial charge in [-0.25, -0.2) is 0 Å². The second-order valence-electron chi connectivity index (χ2n) is 6.37. The van der Waals surface area contributed by atoms with Crippen LogP contribution in [0.15, 0.2) is 24.3 Å². The molecular weight excluding hydrogens is 244 g/mol. The summed E-state index contributed by atoms with van der Waals surface area (Å²) in [7, 11) is 0. The second kappa shape index (κ2) is 7.80. The fourth-order valence-corrected chi connectivity index (χ4v) is 2.96. The lowest BCUT2D eigenvalue weighted by Crippen LogP contribution is -2.43. The standard InChI is InChI=1S/C18H30N2/c1-4-20(14-18-7-5-6-12-19-18)13-16-8-10-17(11-9-16)15(2)3/h8-11,15,18-19H,4-7,12-14H2,1-3H3. The second-order valence-corrected chi connectivity index (χ2v) is 6.37. The van der Waals surface area contributed by atoms with Crippen molar-refractivity contribution >= 4 is 0 Å². The average molecular weight is 274 g/mol. The number of rotatable bonds is 6. The summed E-state index contributed by atoms with van der Waals surface area (Å²) in [5.41, 5.74) is 2.87. The van der Waals surface area contributed by atoms with E-state index >= 15 is 0 Å². The minimum atomic E-state index is 0.623. The SMILES string of the molecule is CCN(Cc1ccc(C(C)C)cc1)CC1CCCCN1. The fraction of sp³-hybridized carbons (Fsp3) is 0.667. The van der Waals surface area contributed by atoms with Crippen LogP contribution < -0.4 is 5.32 Å². The highest BCUT2D eigenvalue weighted by atomic mass is 15.1. The highest BCUT2D eigenvalue weighted by Gasteiger charge is 2.15. The van der Waals surface area contributed by atoms with Gasteiger partial charge in [0.2, 0.25) is 0 Å². The first kappa shape index (κ1) is 15.5. The molecule has 1 N–H and O–H groups in total. The summed E-state index contributed by atoms with van der Waals surface area (Å²) in [4.78, 5) is 2.56. The molecule has 1 aromatic rings. The van der Waals surface area contributed by atoms with Gasteiger partial charge in [-0.15, -0.1) is 0 Å². The minimum Gasteiger partial charge on any atom is -0.313 e. The van der Waals surface area contributed by atoms with Gasteiger partial charge in [-0.2, -0.15) is 0 Å². The van der Waals surface area contributed by atoms with Gasteiger partial charge < -0.3 is 5.32 Å². The molecule has 1 atom stereocenters. The van der Waals surface area contributed by atoms with Crippen molar-refractivity contribution in [1.29, 1.82) is 0 Å². The first-order valence-corrected chi connectivity index (χ1v) is 8.23. The molecular formula is C18H30N2. The molecule has 0 amide bonds. The Hall–Kier alpha value is -0.860. The molecule has 0 aliphatic carbocycles. The first-order valence-electron chi connectivity index (χ1n) is 8.23. The van der Waals surface area contributed by atoms with E-state index in [9.17, 15) is 0 Å². The van der Waals surface area contributed by atoms with E-state index in [-0.39, 0.29) is 0 Å². The van der Waals surface area contributed by atoms with Crippen LogP contribution in [0.25, 0.3) is 0 Å². The molecule has 1 saturated heterocycles. The molecule has 2 heteroatoms. The summed E-state index contributed by atoms with van der Waals surface area (Å²) in [6, 6.07) is 9.86. The number of piperidine rings is 1. The van der Waals surface area contributed by atoms with E-state index in [0.29, 0.717) is 12.0 Å². The third kappa shape index (κ3) is 4.60. The zero-order valence-electron chi connectivity index (χ0n) is 13.4. The van der Waals surface area contributed by atoms with Gasteiger partial charge in [0, 0.05) is 19.1 Å². The monoisotopic (exact) mass is 274 g/mol. The maximum atomic E-state index is 3.65. The number of hydrogen-bond acceptors (Lipinski definition) is 2. The summed E-state index contributed by atoms with van der Waals surface area (Å²) >= 11 is 0. The summed E-state index contributed by atoms with van der Waals surface area (Å²) in [6.07, 6.45) is 4.07. The Labute approximate surface area is 124 Å². The number of likely N-dealkylation sites (N-methyl/N-ethyl adjacent to an activating group) is 1. The molecule has 1 aliphatic rings. The predicted molar refractivity (Wildman–Crippen MR) is 87.1 cm³/mol. The van der Waals surface area contributed by atoms with Gasteiger partial charge in [0.05, 0.1) is 0 Å². The Morgan fingerprint density at radius 1 is 1.20 bits per heavy atom. The lowest BCUT2D eigenvalue weighted by Gasteiger charge is -2.30. The van der Waals surface area contributed by atoms with Crippen LogP contribution in [0.1, 0.15) is 57.1 Å². The van der Waals surface area contributed by atoms with E-state index in [1.165, 1.54) is 43.5 Å². The van der Waals surface area contributed by atoms with Crippen LogP contribution in [0.4, 0.5) is 0 Å². The largest absolute Gasteiger partial charge is 0.313 e. The number of hydrogen-bond donors (Lipinski definition) is 1. The molecule has 0 radical (unpaired) electrons. The molecule has 0 bridgehead atoms. The zero-order valence-corrected chi connectivity index (χ0v) is 13.4. The van der Waals surface area contributed by atoms with Crippen molar-refractivity contribution in [2.24, 2.45) is 0 Å². The van der Waals surface area contributed by atoms with Crippen molar-refractivity contribution in [2.45, 2.75) is 58.5 Å². The Bertz CT molecular complexity index is 377. The van der Waals surface area contributed by atoms with E-state index in [4.69, 9.17) is 0 Å². The molecule has 1 fully saturated rings. The summed E-state index contributed by atoms with van der Waals surface area (Å²) < 4.78 is 0. The molecule has 2 rings (SSSR count). The van der Waals surface area contributed by atoms with Gasteiger partial charge in [0.25, 0.3) is 0 Å². The number of benzene rings is 1. The van der Waals surface area contributed by atoms with Crippen LogP contribution in [0.5, 0.6) is 0 Å². The van der Waals surface area contributed by atoms with Gasteiger partial charge in [-0.05, 0) is 43.0 Å². The molecule has 1 aliphatic heterocycles. The van der Waals surface area contributed by atoms with Gasteiger partial charge >= 0.3 is 0 Å². The van der Waals surface area contributed by atoms with Crippen LogP contribution in [0.2, 0.25) is 0 Å². The van der Waals surface area contributed by atoms with Gasteiger partial charge in [-0.1, -0.05) is 51.5 Å². The van der Waals surface area contributed by atoms with Crippen molar-refractivity contribution < 1.29 is 0 Å². The van der Waals surface area contributed by atoms with Crippen LogP contribution in [0.3, 0.4) is 0 Å². The lowest BCUT2D eigenvalue weighted by atomic mass is 10.0. The lowest BCUT2D eigenvalue weighted by molar-refractivity contribution is 0.226. The van der Waals surface area contributed by atoms with Crippen molar-refractivity contribution in [3.05, 3.63) is 35.4 Å². The quantitative estimate of drug-likeness (QED) is 0.849. The number of nitrogens with zero attached hydrogens (tertiary/aromatic N) is 1. The molecule has 112 valence electrons. The van der Waals surface area contributed by atoms with Gasteiger partial charge in [0.15, 0.2) is 0 Å². The van der Waals surface area contributed by atoms with Gasteiger partial charge in [0.1, 0.15) is 0 Å². The highest BCUT2D eigenvalue weighted by molar-refractivity contribution is 5.24. The van der Waals surface area contributed by atoms with Crippen molar-refractivity contribution in [3.8, 4) is 0 Å². The smallest absolute Gasteiger partial charge is 0.0234 e. The fourth-order valence-electron chi connectivity index (χ4n) is 2.96. The van der Waals surface area contributed by atoms with Crippen LogP contribution in [0, 0.1) is 0 Å². The Morgan fingerprint density at radius 2 is 1.95 bits per heavy atom. The first-order chi connectivity index (χ1) is 9.69. The van der Waals surface area contributed by atoms with Crippen molar-refractivity contribution in [2.75, 3.05) is 19.6 Å². The molecule has 0 spiro atoms. The third-order valence-electron chi connectivity index (χ3n) is 4.39. The van der Waals surface area contributed by atoms with Crippen LogP contribution in [-0.4, -0.2) is 30.6 Å². The van der Waals surface area contributed by atoms with Crippen molar-refractivity contribution in [1.82, 2.24) is 10.2 Å².